The molecule has 0 aromatic heterocycles. The molecule has 7 heteroatoms. The fourth-order valence-electron chi connectivity index (χ4n) is 2.34. The topological polar surface area (TPSA) is 84.5 Å². The van der Waals surface area contributed by atoms with Gasteiger partial charge in [-0.15, -0.1) is 0 Å². The molecule has 0 saturated heterocycles. The standard InChI is InChI=1S/C18H22N2O4S/c1-3-16(20-25(22,23)14-9-5-4-6-10-14)15-11-7-8-12-17(15)24-13-18(21)19-2/h4-12,16,20H,3,13H2,1-2H3,(H,19,21)/t16-/m1/s1. The van der Waals surface area contributed by atoms with Gasteiger partial charge in [0.25, 0.3) is 5.91 Å². The zero-order valence-corrected chi connectivity index (χ0v) is 15.0. The second-order valence-electron chi connectivity index (χ2n) is 5.39. The van der Waals surface area contributed by atoms with Gasteiger partial charge in [0.2, 0.25) is 10.0 Å². The van der Waals surface area contributed by atoms with Gasteiger partial charge in [-0.3, -0.25) is 4.79 Å². The molecule has 2 N–H and O–H groups in total. The molecule has 2 aromatic rings. The number of sulfonamides is 1. The molecular formula is C18H22N2O4S. The van der Waals surface area contributed by atoms with Gasteiger partial charge in [-0.05, 0) is 24.6 Å². The van der Waals surface area contributed by atoms with Gasteiger partial charge in [-0.25, -0.2) is 13.1 Å². The van der Waals surface area contributed by atoms with Crippen LogP contribution in [0.15, 0.2) is 59.5 Å². The Bertz CT molecular complexity index is 807. The van der Waals surface area contributed by atoms with Crippen LogP contribution in [0.2, 0.25) is 0 Å². The highest BCUT2D eigenvalue weighted by Gasteiger charge is 2.22. The summed E-state index contributed by atoms with van der Waals surface area (Å²) in [7, 11) is -2.13. The summed E-state index contributed by atoms with van der Waals surface area (Å²) in [5.41, 5.74) is 0.688. The van der Waals surface area contributed by atoms with Gasteiger partial charge in [0.15, 0.2) is 6.61 Å². The lowest BCUT2D eigenvalue weighted by Gasteiger charge is -2.20. The normalized spacial score (nSPS) is 12.4. The summed E-state index contributed by atoms with van der Waals surface area (Å²) in [6, 6.07) is 14.8. The van der Waals surface area contributed by atoms with Gasteiger partial charge in [-0.1, -0.05) is 43.3 Å². The summed E-state index contributed by atoms with van der Waals surface area (Å²) in [6.07, 6.45) is 0.534. The van der Waals surface area contributed by atoms with Crippen molar-refractivity contribution in [2.24, 2.45) is 0 Å². The van der Waals surface area contributed by atoms with E-state index in [2.05, 4.69) is 10.0 Å². The van der Waals surface area contributed by atoms with E-state index in [0.29, 0.717) is 17.7 Å². The number of amides is 1. The summed E-state index contributed by atoms with van der Waals surface area (Å²) < 4.78 is 33.4. The Hall–Kier alpha value is -2.38. The fraction of sp³-hybridized carbons (Fsp3) is 0.278. The van der Waals surface area contributed by atoms with Gasteiger partial charge in [0, 0.05) is 12.6 Å². The first-order valence-electron chi connectivity index (χ1n) is 7.97. The third kappa shape index (κ3) is 5.04. The number of carbonyl (C=O) groups excluding carboxylic acids is 1. The molecular weight excluding hydrogens is 340 g/mol. The van der Waals surface area contributed by atoms with Crippen molar-refractivity contribution in [1.82, 2.24) is 10.0 Å². The fourth-order valence-corrected chi connectivity index (χ4v) is 3.66. The van der Waals surface area contributed by atoms with Crippen LogP contribution in [0.5, 0.6) is 5.75 Å². The van der Waals surface area contributed by atoms with E-state index >= 15 is 0 Å². The van der Waals surface area contributed by atoms with Crippen LogP contribution in [0.25, 0.3) is 0 Å². The number of carbonyl (C=O) groups is 1. The van der Waals surface area contributed by atoms with Crippen molar-refractivity contribution in [3.63, 3.8) is 0 Å². The molecule has 0 saturated carbocycles. The van der Waals surface area contributed by atoms with Crippen LogP contribution in [-0.4, -0.2) is 28.0 Å². The van der Waals surface area contributed by atoms with Gasteiger partial charge >= 0.3 is 0 Å². The second-order valence-corrected chi connectivity index (χ2v) is 7.11. The predicted molar refractivity (Wildman–Crippen MR) is 95.8 cm³/mol. The number of nitrogens with one attached hydrogen (secondary N) is 2. The molecule has 0 bridgehead atoms. The van der Waals surface area contributed by atoms with Crippen LogP contribution in [-0.2, 0) is 14.8 Å². The molecule has 134 valence electrons. The highest BCUT2D eigenvalue weighted by molar-refractivity contribution is 7.89. The van der Waals surface area contributed by atoms with E-state index < -0.39 is 16.1 Å². The first-order valence-corrected chi connectivity index (χ1v) is 9.46. The quantitative estimate of drug-likeness (QED) is 0.754. The van der Waals surface area contributed by atoms with Crippen LogP contribution in [0.3, 0.4) is 0 Å². The summed E-state index contributed by atoms with van der Waals surface area (Å²) in [6.45, 7) is 1.75. The van der Waals surface area contributed by atoms with Gasteiger partial charge in [0.05, 0.1) is 10.9 Å². The predicted octanol–water partition coefficient (Wildman–Crippen LogP) is 2.24. The molecule has 0 aliphatic rings. The molecule has 0 radical (unpaired) electrons. The highest BCUT2D eigenvalue weighted by atomic mass is 32.2. The zero-order valence-electron chi connectivity index (χ0n) is 14.2. The molecule has 6 nitrogen and oxygen atoms in total. The first-order chi connectivity index (χ1) is 12.0. The maximum absolute atomic E-state index is 12.6. The molecule has 0 spiro atoms. The van der Waals surface area contributed by atoms with Crippen LogP contribution >= 0.6 is 0 Å². The van der Waals surface area contributed by atoms with Crippen LogP contribution < -0.4 is 14.8 Å². The van der Waals surface area contributed by atoms with Crippen molar-refractivity contribution in [1.29, 1.82) is 0 Å². The number of ether oxygens (including phenoxy) is 1. The van der Waals surface area contributed by atoms with E-state index in [-0.39, 0.29) is 17.4 Å². The van der Waals surface area contributed by atoms with E-state index in [9.17, 15) is 13.2 Å². The van der Waals surface area contributed by atoms with Crippen LogP contribution in [0.1, 0.15) is 24.9 Å². The average molecular weight is 362 g/mol. The van der Waals surface area contributed by atoms with Gasteiger partial charge in [-0.2, -0.15) is 0 Å². The maximum Gasteiger partial charge on any atom is 0.257 e. The molecule has 0 aliphatic carbocycles. The number of hydrogen-bond acceptors (Lipinski definition) is 4. The molecule has 0 aliphatic heterocycles. The Kier molecular flexibility index (Phi) is 6.55. The van der Waals surface area contributed by atoms with E-state index in [1.807, 2.05) is 13.0 Å². The molecule has 1 atom stereocenters. The number of benzene rings is 2. The van der Waals surface area contributed by atoms with E-state index in [0.717, 1.165) is 0 Å². The number of likely N-dealkylation sites (N-methyl/N-ethyl adjacent to an activating group) is 1. The molecule has 0 fully saturated rings. The van der Waals surface area contributed by atoms with E-state index in [4.69, 9.17) is 4.74 Å². The third-order valence-electron chi connectivity index (χ3n) is 3.69. The zero-order chi connectivity index (χ0) is 18.3. The van der Waals surface area contributed by atoms with Crippen molar-refractivity contribution in [3.8, 4) is 5.75 Å². The van der Waals surface area contributed by atoms with Crippen molar-refractivity contribution >= 4 is 15.9 Å². The summed E-state index contributed by atoms with van der Waals surface area (Å²) in [5.74, 6) is 0.224. The Morgan fingerprint density at radius 3 is 2.36 bits per heavy atom. The number of para-hydroxylation sites is 1. The monoisotopic (exact) mass is 362 g/mol. The largest absolute Gasteiger partial charge is 0.483 e. The molecule has 2 rings (SSSR count). The minimum absolute atomic E-state index is 0.130. The average Bonchev–Trinajstić information content (AvgIpc) is 2.65. The lowest BCUT2D eigenvalue weighted by Crippen LogP contribution is -2.29. The molecule has 2 aromatic carbocycles. The minimum Gasteiger partial charge on any atom is -0.483 e. The molecule has 1 amide bonds. The van der Waals surface area contributed by atoms with Crippen molar-refractivity contribution in [2.75, 3.05) is 13.7 Å². The smallest absolute Gasteiger partial charge is 0.257 e. The summed E-state index contributed by atoms with van der Waals surface area (Å²) in [4.78, 5) is 11.6. The van der Waals surface area contributed by atoms with Crippen LogP contribution in [0, 0.1) is 0 Å². The van der Waals surface area contributed by atoms with Crippen molar-refractivity contribution in [2.45, 2.75) is 24.3 Å². The minimum atomic E-state index is -3.66. The lowest BCUT2D eigenvalue weighted by atomic mass is 10.0. The van der Waals surface area contributed by atoms with Gasteiger partial charge < -0.3 is 10.1 Å². The van der Waals surface area contributed by atoms with Crippen molar-refractivity contribution < 1.29 is 17.9 Å². The Morgan fingerprint density at radius 2 is 1.72 bits per heavy atom. The van der Waals surface area contributed by atoms with E-state index in [1.165, 1.54) is 7.05 Å². The first kappa shape index (κ1) is 19.0. The summed E-state index contributed by atoms with van der Waals surface area (Å²) >= 11 is 0. The Balaban J connectivity index is 2.25. The molecule has 0 heterocycles. The van der Waals surface area contributed by atoms with Gasteiger partial charge in [0.1, 0.15) is 5.75 Å². The SMILES string of the molecule is CC[C@@H](NS(=O)(=O)c1ccccc1)c1ccccc1OCC(=O)NC. The van der Waals surface area contributed by atoms with E-state index in [1.54, 1.807) is 48.5 Å². The summed E-state index contributed by atoms with van der Waals surface area (Å²) in [5, 5.41) is 2.48. The highest BCUT2D eigenvalue weighted by Crippen LogP contribution is 2.28. The molecule has 25 heavy (non-hydrogen) atoms. The Morgan fingerprint density at radius 1 is 1.08 bits per heavy atom. The maximum atomic E-state index is 12.6. The van der Waals surface area contributed by atoms with Crippen molar-refractivity contribution in [3.05, 3.63) is 60.2 Å². The second kappa shape index (κ2) is 8.64. The third-order valence-corrected chi connectivity index (χ3v) is 5.18. The van der Waals surface area contributed by atoms with Crippen LogP contribution in [0.4, 0.5) is 0 Å². The molecule has 0 unspecified atom stereocenters. The Labute approximate surface area is 148 Å². The number of rotatable bonds is 8. The lowest BCUT2D eigenvalue weighted by molar-refractivity contribution is -0.122. The number of hydrogen-bond donors (Lipinski definition) is 2.